The summed E-state index contributed by atoms with van der Waals surface area (Å²) in [5.74, 6) is -0.538. The molecule has 1 unspecified atom stereocenters. The Labute approximate surface area is 127 Å². The van der Waals surface area contributed by atoms with Crippen LogP contribution in [-0.2, 0) is 6.18 Å². The number of carbonyl (C=O) groups is 1. The summed E-state index contributed by atoms with van der Waals surface area (Å²) in [6, 6.07) is 4.17. The van der Waals surface area contributed by atoms with Crippen LogP contribution in [0.2, 0.25) is 4.47 Å². The van der Waals surface area contributed by atoms with Crippen molar-refractivity contribution in [2.45, 2.75) is 19.1 Å². The molecule has 21 heavy (non-hydrogen) atoms. The Kier molecular flexibility index (Phi) is 4.48. The lowest BCUT2D eigenvalue weighted by molar-refractivity contribution is -0.137. The lowest BCUT2D eigenvalue weighted by atomic mass is 10.0. The van der Waals surface area contributed by atoms with Crippen LogP contribution in [0.1, 0.15) is 33.9 Å². The largest absolute Gasteiger partial charge is 0.416 e. The standard InChI is InChI=1S/C12H9ClF3N3OS/c1-6(17-9(20)10-18-19-11(13)21-10)7-3-2-4-8(5-7)12(14,15)16/h2-6H,1H3,(H,17,20). The van der Waals surface area contributed by atoms with Gasteiger partial charge in [-0.1, -0.05) is 23.5 Å². The number of alkyl halides is 3. The van der Waals surface area contributed by atoms with Crippen LogP contribution < -0.4 is 5.32 Å². The fourth-order valence-corrected chi connectivity index (χ4v) is 2.35. The minimum Gasteiger partial charge on any atom is -0.343 e. The number of rotatable bonds is 3. The molecule has 2 aromatic rings. The Balaban J connectivity index is 2.13. The van der Waals surface area contributed by atoms with Gasteiger partial charge in [-0.05, 0) is 36.2 Å². The third-order valence-corrected chi connectivity index (χ3v) is 3.67. The molecule has 1 aromatic carbocycles. The summed E-state index contributed by atoms with van der Waals surface area (Å²) in [5, 5.41) is 9.65. The molecular weight excluding hydrogens is 327 g/mol. The molecule has 1 N–H and O–H groups in total. The molecule has 0 radical (unpaired) electrons. The second-order valence-corrected chi connectivity index (χ2v) is 5.74. The first-order valence-electron chi connectivity index (χ1n) is 5.74. The highest BCUT2D eigenvalue weighted by atomic mass is 35.5. The highest BCUT2D eigenvalue weighted by molar-refractivity contribution is 7.17. The van der Waals surface area contributed by atoms with Gasteiger partial charge >= 0.3 is 6.18 Å². The monoisotopic (exact) mass is 335 g/mol. The van der Waals surface area contributed by atoms with Crippen molar-refractivity contribution in [1.82, 2.24) is 15.5 Å². The predicted octanol–water partition coefficient (Wildman–Crippen LogP) is 3.70. The molecule has 9 heteroatoms. The Morgan fingerprint density at radius 3 is 2.67 bits per heavy atom. The number of aromatic nitrogens is 2. The Morgan fingerprint density at radius 2 is 2.10 bits per heavy atom. The van der Waals surface area contributed by atoms with Gasteiger partial charge in [0.05, 0.1) is 11.6 Å². The molecule has 2 rings (SSSR count). The second kappa shape index (κ2) is 5.98. The molecule has 0 aliphatic heterocycles. The summed E-state index contributed by atoms with van der Waals surface area (Å²) in [6.45, 7) is 1.58. The molecule has 0 saturated carbocycles. The fraction of sp³-hybridized carbons (Fsp3) is 0.250. The zero-order valence-corrected chi connectivity index (χ0v) is 12.2. The molecule has 0 aliphatic rings. The summed E-state index contributed by atoms with van der Waals surface area (Å²) in [7, 11) is 0. The SMILES string of the molecule is CC(NC(=O)c1nnc(Cl)s1)c1cccc(C(F)(F)F)c1. The second-order valence-electron chi connectivity index (χ2n) is 4.18. The van der Waals surface area contributed by atoms with E-state index in [1.54, 1.807) is 6.92 Å². The van der Waals surface area contributed by atoms with E-state index in [-0.39, 0.29) is 9.47 Å². The van der Waals surface area contributed by atoms with Gasteiger partial charge in [0.2, 0.25) is 9.47 Å². The summed E-state index contributed by atoms with van der Waals surface area (Å²) >= 11 is 6.46. The summed E-state index contributed by atoms with van der Waals surface area (Å²) < 4.78 is 38.0. The van der Waals surface area contributed by atoms with E-state index in [4.69, 9.17) is 11.6 Å². The van der Waals surface area contributed by atoms with Gasteiger partial charge < -0.3 is 5.32 Å². The molecule has 1 atom stereocenters. The molecule has 0 saturated heterocycles. The third kappa shape index (κ3) is 3.92. The topological polar surface area (TPSA) is 54.9 Å². The van der Waals surface area contributed by atoms with Gasteiger partial charge in [-0.25, -0.2) is 0 Å². The zero-order chi connectivity index (χ0) is 15.6. The molecule has 0 bridgehead atoms. The molecule has 0 aliphatic carbocycles. The van der Waals surface area contributed by atoms with Crippen LogP contribution in [0.5, 0.6) is 0 Å². The van der Waals surface area contributed by atoms with Gasteiger partial charge in [-0.15, -0.1) is 10.2 Å². The van der Waals surface area contributed by atoms with Gasteiger partial charge in [0, 0.05) is 0 Å². The van der Waals surface area contributed by atoms with E-state index in [9.17, 15) is 18.0 Å². The van der Waals surface area contributed by atoms with Crippen LogP contribution in [0, 0.1) is 0 Å². The van der Waals surface area contributed by atoms with E-state index in [1.807, 2.05) is 0 Å². The summed E-state index contributed by atoms with van der Waals surface area (Å²) in [5.41, 5.74) is -0.422. The lowest BCUT2D eigenvalue weighted by Crippen LogP contribution is -2.26. The number of halogens is 4. The fourth-order valence-electron chi connectivity index (χ4n) is 1.62. The van der Waals surface area contributed by atoms with E-state index in [1.165, 1.54) is 12.1 Å². The number of carbonyl (C=O) groups excluding carboxylic acids is 1. The van der Waals surface area contributed by atoms with Gasteiger partial charge in [0.1, 0.15) is 0 Å². The first-order chi connectivity index (χ1) is 9.77. The van der Waals surface area contributed by atoms with Gasteiger partial charge in [-0.2, -0.15) is 13.2 Å². The minimum atomic E-state index is -4.42. The van der Waals surface area contributed by atoms with Crippen molar-refractivity contribution >= 4 is 28.8 Å². The Bertz CT molecular complexity index is 659. The van der Waals surface area contributed by atoms with Crippen LogP contribution in [-0.4, -0.2) is 16.1 Å². The van der Waals surface area contributed by atoms with E-state index in [0.29, 0.717) is 5.56 Å². The maximum absolute atomic E-state index is 12.6. The predicted molar refractivity (Wildman–Crippen MR) is 72.2 cm³/mol. The van der Waals surface area contributed by atoms with E-state index in [0.717, 1.165) is 23.5 Å². The van der Waals surface area contributed by atoms with Crippen LogP contribution >= 0.6 is 22.9 Å². The average Bonchev–Trinajstić information content (AvgIpc) is 2.84. The number of nitrogens with one attached hydrogen (secondary N) is 1. The normalized spacial score (nSPS) is 13.0. The van der Waals surface area contributed by atoms with Crippen molar-refractivity contribution < 1.29 is 18.0 Å². The molecular formula is C12H9ClF3N3OS. The molecule has 1 heterocycles. The van der Waals surface area contributed by atoms with Crippen molar-refractivity contribution in [3.63, 3.8) is 0 Å². The molecule has 0 spiro atoms. The molecule has 112 valence electrons. The number of nitrogens with zero attached hydrogens (tertiary/aromatic N) is 2. The van der Waals surface area contributed by atoms with Crippen LogP contribution in [0.15, 0.2) is 24.3 Å². The number of hydrogen-bond acceptors (Lipinski definition) is 4. The first kappa shape index (κ1) is 15.7. The molecule has 1 amide bonds. The quantitative estimate of drug-likeness (QED) is 0.930. The molecule has 0 fully saturated rings. The third-order valence-electron chi connectivity index (χ3n) is 2.66. The van der Waals surface area contributed by atoms with Gasteiger partial charge in [0.25, 0.3) is 5.91 Å². The minimum absolute atomic E-state index is 0.0545. The van der Waals surface area contributed by atoms with Gasteiger partial charge in [0.15, 0.2) is 0 Å². The average molecular weight is 336 g/mol. The van der Waals surface area contributed by atoms with Crippen molar-refractivity contribution in [2.75, 3.05) is 0 Å². The van der Waals surface area contributed by atoms with Crippen LogP contribution in [0.4, 0.5) is 13.2 Å². The van der Waals surface area contributed by atoms with Crippen LogP contribution in [0.3, 0.4) is 0 Å². The number of benzene rings is 1. The van der Waals surface area contributed by atoms with Crippen molar-refractivity contribution in [3.8, 4) is 0 Å². The van der Waals surface area contributed by atoms with Crippen molar-refractivity contribution in [3.05, 3.63) is 44.9 Å². The molecule has 4 nitrogen and oxygen atoms in total. The summed E-state index contributed by atoms with van der Waals surface area (Å²) in [4.78, 5) is 11.8. The Hall–Kier alpha value is -1.67. The maximum atomic E-state index is 12.6. The first-order valence-corrected chi connectivity index (χ1v) is 6.94. The highest BCUT2D eigenvalue weighted by Crippen LogP contribution is 2.30. The highest BCUT2D eigenvalue weighted by Gasteiger charge is 2.30. The maximum Gasteiger partial charge on any atom is 0.416 e. The van der Waals surface area contributed by atoms with E-state index >= 15 is 0 Å². The summed E-state index contributed by atoms with van der Waals surface area (Å²) in [6.07, 6.45) is -4.42. The Morgan fingerprint density at radius 1 is 1.38 bits per heavy atom. The van der Waals surface area contributed by atoms with Crippen molar-refractivity contribution in [1.29, 1.82) is 0 Å². The molecule has 1 aromatic heterocycles. The van der Waals surface area contributed by atoms with Gasteiger partial charge in [-0.3, -0.25) is 4.79 Å². The smallest absolute Gasteiger partial charge is 0.343 e. The van der Waals surface area contributed by atoms with Crippen molar-refractivity contribution in [2.24, 2.45) is 0 Å². The number of hydrogen-bond donors (Lipinski definition) is 1. The van der Waals surface area contributed by atoms with E-state index in [2.05, 4.69) is 15.5 Å². The number of amides is 1. The zero-order valence-electron chi connectivity index (χ0n) is 10.6. The van der Waals surface area contributed by atoms with Crippen LogP contribution in [0.25, 0.3) is 0 Å². The van der Waals surface area contributed by atoms with E-state index < -0.39 is 23.7 Å². The lowest BCUT2D eigenvalue weighted by Gasteiger charge is -2.15.